The van der Waals surface area contributed by atoms with E-state index < -0.39 is 10.5 Å². The molecule has 0 spiro atoms. The zero-order valence-electron chi connectivity index (χ0n) is 11.7. The van der Waals surface area contributed by atoms with Crippen LogP contribution in [0.3, 0.4) is 0 Å². The van der Waals surface area contributed by atoms with Crippen LogP contribution < -0.4 is 5.32 Å². The van der Waals surface area contributed by atoms with Crippen LogP contribution in [0.25, 0.3) is 10.9 Å². The lowest BCUT2D eigenvalue weighted by Gasteiger charge is -2.27. The molecule has 0 aliphatic rings. The molecule has 0 bridgehead atoms. The molecule has 0 fully saturated rings. The molecule has 0 atom stereocenters. The summed E-state index contributed by atoms with van der Waals surface area (Å²) in [6.07, 6.45) is 1.29. The van der Waals surface area contributed by atoms with E-state index in [1.807, 2.05) is 38.1 Å². The molecule has 2 rings (SSSR count). The number of hydrogen-bond acceptors (Lipinski definition) is 5. The maximum atomic E-state index is 11.2. The van der Waals surface area contributed by atoms with Crippen molar-refractivity contribution in [3.63, 3.8) is 0 Å². The summed E-state index contributed by atoms with van der Waals surface area (Å²) in [5.41, 5.74) is 0.730. The standard InChI is InChI=1S/C14H17N3O3/c1-14(2,9-20-3)16-13-10-6-4-5-7-11(10)15-8-12(13)17(18)19/h4-8H,9H2,1-3H3,(H,15,16). The van der Waals surface area contributed by atoms with Gasteiger partial charge in [0.25, 0.3) is 0 Å². The quantitative estimate of drug-likeness (QED) is 0.670. The molecule has 20 heavy (non-hydrogen) atoms. The van der Waals surface area contributed by atoms with Crippen molar-refractivity contribution >= 4 is 22.3 Å². The molecule has 1 N–H and O–H groups in total. The number of nitro groups is 1. The van der Waals surface area contributed by atoms with E-state index in [1.54, 1.807) is 7.11 Å². The molecule has 0 unspecified atom stereocenters. The van der Waals surface area contributed by atoms with Gasteiger partial charge in [-0.1, -0.05) is 18.2 Å². The number of rotatable bonds is 5. The Morgan fingerprint density at radius 2 is 2.10 bits per heavy atom. The van der Waals surface area contributed by atoms with Gasteiger partial charge >= 0.3 is 5.69 Å². The Morgan fingerprint density at radius 1 is 1.40 bits per heavy atom. The number of benzene rings is 1. The number of anilines is 1. The maximum Gasteiger partial charge on any atom is 0.311 e. The fraction of sp³-hybridized carbons (Fsp3) is 0.357. The van der Waals surface area contributed by atoms with Crippen molar-refractivity contribution in [1.29, 1.82) is 0 Å². The third kappa shape index (κ3) is 2.85. The summed E-state index contributed by atoms with van der Waals surface area (Å²) < 4.78 is 5.14. The van der Waals surface area contributed by atoms with Gasteiger partial charge in [0, 0.05) is 12.5 Å². The maximum absolute atomic E-state index is 11.2. The first kappa shape index (κ1) is 14.2. The number of aromatic nitrogens is 1. The molecule has 0 radical (unpaired) electrons. The first-order chi connectivity index (χ1) is 9.44. The molecule has 0 amide bonds. The van der Waals surface area contributed by atoms with Gasteiger partial charge in [0.1, 0.15) is 11.9 Å². The normalized spacial score (nSPS) is 11.6. The molecule has 1 aromatic carbocycles. The monoisotopic (exact) mass is 275 g/mol. The Balaban J connectivity index is 2.58. The molecule has 0 aliphatic carbocycles. The first-order valence-electron chi connectivity index (χ1n) is 6.24. The fourth-order valence-corrected chi connectivity index (χ4v) is 2.14. The van der Waals surface area contributed by atoms with Crippen molar-refractivity contribution in [2.24, 2.45) is 0 Å². The van der Waals surface area contributed by atoms with E-state index in [0.29, 0.717) is 17.8 Å². The average molecular weight is 275 g/mol. The van der Waals surface area contributed by atoms with Gasteiger partial charge in [0.2, 0.25) is 0 Å². The average Bonchev–Trinajstić information content (AvgIpc) is 2.38. The Kier molecular flexibility index (Phi) is 3.85. The lowest BCUT2D eigenvalue weighted by molar-refractivity contribution is -0.384. The van der Waals surface area contributed by atoms with Crippen molar-refractivity contribution in [3.05, 3.63) is 40.6 Å². The number of nitrogens with one attached hydrogen (secondary N) is 1. The Morgan fingerprint density at radius 3 is 2.75 bits per heavy atom. The second-order valence-corrected chi connectivity index (χ2v) is 5.23. The van der Waals surface area contributed by atoms with Crippen molar-refractivity contribution in [2.75, 3.05) is 19.0 Å². The number of fused-ring (bicyclic) bond motifs is 1. The predicted molar refractivity (Wildman–Crippen MR) is 78.0 cm³/mol. The Hall–Kier alpha value is -2.21. The largest absolute Gasteiger partial charge is 0.382 e. The van der Waals surface area contributed by atoms with Crippen LogP contribution in [-0.4, -0.2) is 29.2 Å². The van der Waals surface area contributed by atoms with Gasteiger partial charge in [-0.05, 0) is 19.9 Å². The summed E-state index contributed by atoms with van der Waals surface area (Å²) in [4.78, 5) is 14.9. The molecular weight excluding hydrogens is 258 g/mol. The highest BCUT2D eigenvalue weighted by atomic mass is 16.6. The van der Waals surface area contributed by atoms with Crippen molar-refractivity contribution < 1.29 is 9.66 Å². The molecular formula is C14H17N3O3. The highest BCUT2D eigenvalue weighted by molar-refractivity contribution is 5.95. The first-order valence-corrected chi connectivity index (χ1v) is 6.24. The van der Waals surface area contributed by atoms with E-state index in [4.69, 9.17) is 4.74 Å². The van der Waals surface area contributed by atoms with E-state index >= 15 is 0 Å². The van der Waals surface area contributed by atoms with Crippen molar-refractivity contribution in [1.82, 2.24) is 4.98 Å². The number of nitrogens with zero attached hydrogens (tertiary/aromatic N) is 2. The minimum Gasteiger partial charge on any atom is -0.382 e. The second kappa shape index (κ2) is 5.42. The van der Waals surface area contributed by atoms with Gasteiger partial charge in [-0.25, -0.2) is 4.98 Å². The van der Waals surface area contributed by atoms with Gasteiger partial charge in [0.05, 0.1) is 22.6 Å². The van der Waals surface area contributed by atoms with E-state index in [1.165, 1.54) is 6.20 Å². The van der Waals surface area contributed by atoms with E-state index in [0.717, 1.165) is 5.39 Å². The van der Waals surface area contributed by atoms with Crippen LogP contribution in [0, 0.1) is 10.1 Å². The highest BCUT2D eigenvalue weighted by Gasteiger charge is 2.25. The second-order valence-electron chi connectivity index (χ2n) is 5.23. The van der Waals surface area contributed by atoms with Gasteiger partial charge in [-0.3, -0.25) is 10.1 Å². The lowest BCUT2D eigenvalue weighted by Crippen LogP contribution is -2.36. The minimum absolute atomic E-state index is 0.0344. The summed E-state index contributed by atoms with van der Waals surface area (Å²) in [6.45, 7) is 4.28. The van der Waals surface area contributed by atoms with Gasteiger partial charge < -0.3 is 10.1 Å². The van der Waals surface area contributed by atoms with Crippen LogP contribution in [0.4, 0.5) is 11.4 Å². The molecule has 1 heterocycles. The number of methoxy groups -OCH3 is 1. The molecule has 6 nitrogen and oxygen atoms in total. The summed E-state index contributed by atoms with van der Waals surface area (Å²) in [5, 5.41) is 15.1. The SMILES string of the molecule is COCC(C)(C)Nc1c([N+](=O)[O-])cnc2ccccc12. The van der Waals surface area contributed by atoms with Crippen LogP contribution in [0.1, 0.15) is 13.8 Å². The molecule has 1 aromatic heterocycles. The molecule has 2 aromatic rings. The van der Waals surface area contributed by atoms with Gasteiger partial charge in [-0.2, -0.15) is 0 Å². The Bertz CT molecular complexity index is 641. The molecule has 0 saturated heterocycles. The van der Waals surface area contributed by atoms with Crippen LogP contribution in [0.15, 0.2) is 30.5 Å². The number of ether oxygens (including phenoxy) is 1. The van der Waals surface area contributed by atoms with Gasteiger partial charge in [0.15, 0.2) is 0 Å². The van der Waals surface area contributed by atoms with E-state index in [-0.39, 0.29) is 5.69 Å². The van der Waals surface area contributed by atoms with Crippen LogP contribution in [-0.2, 0) is 4.74 Å². The minimum atomic E-state index is -0.427. The van der Waals surface area contributed by atoms with E-state index in [2.05, 4.69) is 10.3 Å². The third-order valence-electron chi connectivity index (χ3n) is 2.92. The third-order valence-corrected chi connectivity index (χ3v) is 2.92. The Labute approximate surface area is 116 Å². The zero-order valence-corrected chi connectivity index (χ0v) is 11.7. The number of hydrogen-bond donors (Lipinski definition) is 1. The predicted octanol–water partition coefficient (Wildman–Crippen LogP) is 2.98. The van der Waals surface area contributed by atoms with Gasteiger partial charge in [-0.15, -0.1) is 0 Å². The smallest absolute Gasteiger partial charge is 0.311 e. The topological polar surface area (TPSA) is 77.3 Å². The van der Waals surface area contributed by atoms with Crippen molar-refractivity contribution in [3.8, 4) is 0 Å². The van der Waals surface area contributed by atoms with Crippen molar-refractivity contribution in [2.45, 2.75) is 19.4 Å². The summed E-state index contributed by atoms with van der Waals surface area (Å²) in [6, 6.07) is 7.33. The van der Waals surface area contributed by atoms with Crippen LogP contribution >= 0.6 is 0 Å². The fourth-order valence-electron chi connectivity index (χ4n) is 2.14. The number of para-hydroxylation sites is 1. The summed E-state index contributed by atoms with van der Waals surface area (Å²) in [7, 11) is 1.60. The van der Waals surface area contributed by atoms with E-state index in [9.17, 15) is 10.1 Å². The number of pyridine rings is 1. The molecule has 106 valence electrons. The van der Waals surface area contributed by atoms with Crippen LogP contribution in [0.2, 0.25) is 0 Å². The van der Waals surface area contributed by atoms with Crippen LogP contribution in [0.5, 0.6) is 0 Å². The lowest BCUT2D eigenvalue weighted by atomic mass is 10.0. The zero-order chi connectivity index (χ0) is 14.8. The molecule has 0 saturated carbocycles. The molecule has 6 heteroatoms. The molecule has 0 aliphatic heterocycles. The summed E-state index contributed by atoms with van der Waals surface area (Å²) >= 11 is 0. The summed E-state index contributed by atoms with van der Waals surface area (Å²) in [5.74, 6) is 0. The highest BCUT2D eigenvalue weighted by Crippen LogP contribution is 2.33.